The van der Waals surface area contributed by atoms with Crippen molar-refractivity contribution in [2.75, 3.05) is 13.2 Å². The summed E-state index contributed by atoms with van der Waals surface area (Å²) in [5.41, 5.74) is 1.13. The minimum absolute atomic E-state index is 0.0241. The van der Waals surface area contributed by atoms with Gasteiger partial charge in [0.05, 0.1) is 18.8 Å². The number of rotatable bonds is 7. The number of aliphatic hydroxyl groups excluding tert-OH is 1. The van der Waals surface area contributed by atoms with Crippen LogP contribution in [0.15, 0.2) is 23.3 Å². The first-order chi connectivity index (χ1) is 13.5. The van der Waals surface area contributed by atoms with Crippen LogP contribution in [0.1, 0.15) is 86.5 Å². The molecule has 0 spiro atoms. The number of hydrogen-bond donors (Lipinski definition) is 2. The average molecular weight is 407 g/mol. The van der Waals surface area contributed by atoms with Gasteiger partial charge in [0.2, 0.25) is 0 Å². The number of hydrogen-bond acceptors (Lipinski definition) is 4. The lowest BCUT2D eigenvalue weighted by atomic mass is 9.45. The van der Waals surface area contributed by atoms with Gasteiger partial charge in [-0.15, -0.1) is 0 Å². The molecule has 0 aliphatic heterocycles. The maximum absolute atomic E-state index is 12.2. The Hall–Kier alpha value is -1.13. The molecule has 0 radical (unpaired) electrons. The lowest BCUT2D eigenvalue weighted by molar-refractivity contribution is -0.185. The van der Waals surface area contributed by atoms with Crippen molar-refractivity contribution >= 4 is 5.97 Å². The van der Waals surface area contributed by atoms with Crippen LogP contribution in [0.2, 0.25) is 0 Å². The zero-order valence-corrected chi connectivity index (χ0v) is 19.4. The predicted octanol–water partition coefficient (Wildman–Crippen LogP) is 5.19. The van der Waals surface area contributed by atoms with E-state index < -0.39 is 5.60 Å². The molecule has 0 bridgehead atoms. The highest BCUT2D eigenvalue weighted by Crippen LogP contribution is 2.63. The number of ether oxygens (including phenoxy) is 1. The van der Waals surface area contributed by atoms with Gasteiger partial charge in [-0.05, 0) is 83.5 Å². The van der Waals surface area contributed by atoms with Crippen molar-refractivity contribution in [2.24, 2.45) is 22.7 Å². The molecule has 2 aliphatic carbocycles. The van der Waals surface area contributed by atoms with Crippen LogP contribution in [0.25, 0.3) is 0 Å². The van der Waals surface area contributed by atoms with Crippen LogP contribution in [0.3, 0.4) is 0 Å². The van der Waals surface area contributed by atoms with Crippen molar-refractivity contribution in [3.05, 3.63) is 23.3 Å². The van der Waals surface area contributed by atoms with E-state index in [0.717, 1.165) is 44.9 Å². The van der Waals surface area contributed by atoms with E-state index in [1.54, 1.807) is 13.0 Å². The lowest BCUT2D eigenvalue weighted by Gasteiger charge is -2.61. The quantitative estimate of drug-likeness (QED) is 0.347. The Morgan fingerprint density at radius 1 is 1.17 bits per heavy atom. The van der Waals surface area contributed by atoms with Gasteiger partial charge in [-0.2, -0.15) is 0 Å². The molecule has 2 aliphatic rings. The fraction of sp³-hybridized carbons (Fsp3) is 0.800. The molecule has 5 unspecified atom stereocenters. The molecule has 4 nitrogen and oxygen atoms in total. The van der Waals surface area contributed by atoms with Gasteiger partial charge in [-0.3, -0.25) is 0 Å². The molecule has 0 heterocycles. The molecule has 0 aromatic heterocycles. The normalized spacial score (nSPS) is 38.5. The molecule has 0 aromatic carbocycles. The first-order valence-electron chi connectivity index (χ1n) is 11.3. The van der Waals surface area contributed by atoms with Gasteiger partial charge in [-0.25, -0.2) is 4.79 Å². The van der Waals surface area contributed by atoms with E-state index in [9.17, 15) is 15.0 Å². The number of allylic oxidation sites excluding steroid dienone is 2. The standard InChI is InChI=1S/C25H42O4/c1-7-19(3)22(27)29-17-23(4)13-8-14-24(5)20(23)11-15-25(6,28)21(24)10-9-18(2)12-16-26/h7,12,20-21,26,28H,8-11,13-17H2,1-6H3. The zero-order chi connectivity index (χ0) is 21.9. The molecule has 2 fully saturated rings. The fourth-order valence-corrected chi connectivity index (χ4v) is 6.34. The van der Waals surface area contributed by atoms with Crippen LogP contribution in [-0.4, -0.2) is 35.0 Å². The molecule has 2 rings (SSSR count). The summed E-state index contributed by atoms with van der Waals surface area (Å²) >= 11 is 0. The van der Waals surface area contributed by atoms with Crippen LogP contribution < -0.4 is 0 Å². The molecule has 0 amide bonds. The predicted molar refractivity (Wildman–Crippen MR) is 117 cm³/mol. The Kier molecular flexibility index (Phi) is 7.78. The summed E-state index contributed by atoms with van der Waals surface area (Å²) in [6.07, 6.45) is 10.5. The highest BCUT2D eigenvalue weighted by atomic mass is 16.5. The number of carbonyl (C=O) groups excluding carboxylic acids is 1. The number of fused-ring (bicyclic) bond motifs is 1. The van der Waals surface area contributed by atoms with Crippen molar-refractivity contribution in [2.45, 2.75) is 92.1 Å². The Balaban J connectivity index is 2.24. The first kappa shape index (κ1) is 24.1. The van der Waals surface area contributed by atoms with Gasteiger partial charge in [0.25, 0.3) is 0 Å². The molecule has 0 aromatic rings. The van der Waals surface area contributed by atoms with Crippen molar-refractivity contribution in [1.29, 1.82) is 0 Å². The molecular weight excluding hydrogens is 364 g/mol. The Morgan fingerprint density at radius 2 is 1.86 bits per heavy atom. The number of carbonyl (C=O) groups is 1. The van der Waals surface area contributed by atoms with Gasteiger partial charge in [-0.1, -0.05) is 38.0 Å². The summed E-state index contributed by atoms with van der Waals surface area (Å²) in [4.78, 5) is 12.2. The van der Waals surface area contributed by atoms with Crippen LogP contribution >= 0.6 is 0 Å². The van der Waals surface area contributed by atoms with Crippen molar-refractivity contribution < 1.29 is 19.7 Å². The minimum Gasteiger partial charge on any atom is -0.462 e. The van der Waals surface area contributed by atoms with E-state index in [1.165, 1.54) is 5.57 Å². The number of esters is 1. The topological polar surface area (TPSA) is 66.8 Å². The van der Waals surface area contributed by atoms with Crippen molar-refractivity contribution in [3.63, 3.8) is 0 Å². The molecule has 2 saturated carbocycles. The largest absolute Gasteiger partial charge is 0.462 e. The summed E-state index contributed by atoms with van der Waals surface area (Å²) in [6, 6.07) is 0. The average Bonchev–Trinajstić information content (AvgIpc) is 2.64. The molecule has 5 atom stereocenters. The first-order valence-corrected chi connectivity index (χ1v) is 11.3. The summed E-state index contributed by atoms with van der Waals surface area (Å²) in [5.74, 6) is 0.406. The van der Waals surface area contributed by atoms with E-state index in [4.69, 9.17) is 4.74 Å². The van der Waals surface area contributed by atoms with Crippen LogP contribution in [0.4, 0.5) is 0 Å². The lowest BCUT2D eigenvalue weighted by Crippen LogP contribution is -2.59. The molecule has 2 N–H and O–H groups in total. The monoisotopic (exact) mass is 406 g/mol. The van der Waals surface area contributed by atoms with E-state index in [-0.39, 0.29) is 29.3 Å². The summed E-state index contributed by atoms with van der Waals surface area (Å²) < 4.78 is 5.74. The van der Waals surface area contributed by atoms with Gasteiger partial charge >= 0.3 is 5.97 Å². The van der Waals surface area contributed by atoms with Gasteiger partial charge in [0, 0.05) is 11.0 Å². The van der Waals surface area contributed by atoms with E-state index >= 15 is 0 Å². The van der Waals surface area contributed by atoms with Crippen molar-refractivity contribution in [1.82, 2.24) is 0 Å². The highest BCUT2D eigenvalue weighted by Gasteiger charge is 2.59. The van der Waals surface area contributed by atoms with Gasteiger partial charge in [0.15, 0.2) is 0 Å². The Bertz CT molecular complexity index is 647. The zero-order valence-electron chi connectivity index (χ0n) is 19.4. The van der Waals surface area contributed by atoms with Crippen LogP contribution in [0.5, 0.6) is 0 Å². The Morgan fingerprint density at radius 3 is 2.48 bits per heavy atom. The number of aliphatic hydroxyl groups is 2. The third-order valence-electron chi connectivity index (χ3n) is 8.14. The van der Waals surface area contributed by atoms with Crippen LogP contribution in [-0.2, 0) is 9.53 Å². The maximum Gasteiger partial charge on any atom is 0.333 e. The molecule has 29 heavy (non-hydrogen) atoms. The summed E-state index contributed by atoms with van der Waals surface area (Å²) in [7, 11) is 0. The van der Waals surface area contributed by atoms with E-state index in [1.807, 2.05) is 19.9 Å². The second-order valence-corrected chi connectivity index (χ2v) is 10.3. The minimum atomic E-state index is -0.679. The maximum atomic E-state index is 12.2. The molecular formula is C25H42O4. The SMILES string of the molecule is CC=C(C)C(=O)OCC1(C)CCCC2(C)C(CCC(C)=CCO)C(C)(O)CCC12. The van der Waals surface area contributed by atoms with E-state index in [2.05, 4.69) is 20.8 Å². The summed E-state index contributed by atoms with van der Waals surface area (Å²) in [6.45, 7) is 12.9. The van der Waals surface area contributed by atoms with E-state index in [0.29, 0.717) is 18.1 Å². The smallest absolute Gasteiger partial charge is 0.333 e. The Labute approximate surface area is 177 Å². The summed E-state index contributed by atoms with van der Waals surface area (Å²) in [5, 5.41) is 20.5. The third-order valence-corrected chi connectivity index (χ3v) is 8.14. The van der Waals surface area contributed by atoms with Gasteiger partial charge < -0.3 is 14.9 Å². The van der Waals surface area contributed by atoms with Crippen molar-refractivity contribution in [3.8, 4) is 0 Å². The second-order valence-electron chi connectivity index (χ2n) is 10.3. The second kappa shape index (κ2) is 9.34. The molecule has 0 saturated heterocycles. The molecule has 166 valence electrons. The van der Waals surface area contributed by atoms with Gasteiger partial charge in [0.1, 0.15) is 0 Å². The fourth-order valence-electron chi connectivity index (χ4n) is 6.34. The molecule has 4 heteroatoms. The highest BCUT2D eigenvalue weighted by molar-refractivity contribution is 5.87. The third kappa shape index (κ3) is 5.14. The van der Waals surface area contributed by atoms with Crippen LogP contribution in [0, 0.1) is 22.7 Å².